The van der Waals surface area contributed by atoms with Gasteiger partial charge in [-0.15, -0.1) is 10.2 Å². The summed E-state index contributed by atoms with van der Waals surface area (Å²) in [7, 11) is 0. The zero-order valence-corrected chi connectivity index (χ0v) is 19.1. The topological polar surface area (TPSA) is 87.2 Å². The van der Waals surface area contributed by atoms with Crippen molar-refractivity contribution in [3.63, 3.8) is 0 Å². The quantitative estimate of drug-likeness (QED) is 0.569. The summed E-state index contributed by atoms with van der Waals surface area (Å²) in [6, 6.07) is 15.4. The first kappa shape index (κ1) is 22.0. The molecular weight excluding hydrogens is 422 g/mol. The second-order valence-electron chi connectivity index (χ2n) is 8.03. The van der Waals surface area contributed by atoms with Gasteiger partial charge in [-0.25, -0.2) is 4.79 Å². The molecule has 2 aromatic carbocycles. The third kappa shape index (κ3) is 5.31. The van der Waals surface area contributed by atoms with E-state index in [2.05, 4.69) is 27.8 Å². The van der Waals surface area contributed by atoms with Crippen molar-refractivity contribution >= 4 is 34.6 Å². The van der Waals surface area contributed by atoms with Gasteiger partial charge >= 0.3 is 6.03 Å². The Hall–Kier alpha value is -3.26. The van der Waals surface area contributed by atoms with Crippen molar-refractivity contribution < 1.29 is 9.59 Å². The second-order valence-corrected chi connectivity index (χ2v) is 9.04. The van der Waals surface area contributed by atoms with E-state index in [0.29, 0.717) is 18.1 Å². The van der Waals surface area contributed by atoms with Gasteiger partial charge in [-0.1, -0.05) is 48.1 Å². The van der Waals surface area contributed by atoms with Gasteiger partial charge in [0, 0.05) is 30.4 Å². The molecule has 0 spiro atoms. The number of anilines is 2. The lowest BCUT2D eigenvalue weighted by molar-refractivity contribution is 0.102. The summed E-state index contributed by atoms with van der Waals surface area (Å²) in [5.74, 6) is -0.186. The molecule has 166 valence electrons. The molecule has 2 N–H and O–H groups in total. The predicted octanol–water partition coefficient (Wildman–Crippen LogP) is 5.07. The molecule has 3 amide bonds. The number of urea groups is 1. The van der Waals surface area contributed by atoms with Crippen LogP contribution in [0.25, 0.3) is 0 Å². The first-order chi connectivity index (χ1) is 15.5. The average Bonchev–Trinajstić information content (AvgIpc) is 3.32. The molecule has 0 saturated carbocycles. The summed E-state index contributed by atoms with van der Waals surface area (Å²) in [5, 5.41) is 15.3. The summed E-state index contributed by atoms with van der Waals surface area (Å²) < 4.78 is 0. The van der Waals surface area contributed by atoms with Crippen molar-refractivity contribution in [3.05, 3.63) is 69.7 Å². The van der Waals surface area contributed by atoms with Gasteiger partial charge in [0.15, 0.2) is 0 Å². The van der Waals surface area contributed by atoms with Crippen LogP contribution in [0.4, 0.5) is 16.2 Å². The predicted molar refractivity (Wildman–Crippen MR) is 127 cm³/mol. The first-order valence-corrected chi connectivity index (χ1v) is 11.7. The van der Waals surface area contributed by atoms with Crippen molar-refractivity contribution in [1.82, 2.24) is 15.1 Å². The Bertz CT molecular complexity index is 1080. The van der Waals surface area contributed by atoms with Gasteiger partial charge in [0.1, 0.15) is 5.01 Å². The van der Waals surface area contributed by atoms with Crippen molar-refractivity contribution in [2.75, 3.05) is 23.7 Å². The highest BCUT2D eigenvalue weighted by Crippen LogP contribution is 2.29. The number of hydrogen-bond acceptors (Lipinski definition) is 5. The van der Waals surface area contributed by atoms with Crippen LogP contribution in [-0.4, -0.2) is 40.1 Å². The van der Waals surface area contributed by atoms with Gasteiger partial charge < -0.3 is 15.5 Å². The van der Waals surface area contributed by atoms with E-state index < -0.39 is 0 Å². The Morgan fingerprint density at radius 2 is 1.72 bits per heavy atom. The fourth-order valence-corrected chi connectivity index (χ4v) is 4.57. The van der Waals surface area contributed by atoms with E-state index in [-0.39, 0.29) is 17.9 Å². The Morgan fingerprint density at radius 1 is 1.03 bits per heavy atom. The van der Waals surface area contributed by atoms with Gasteiger partial charge in [-0.3, -0.25) is 4.79 Å². The van der Waals surface area contributed by atoms with Gasteiger partial charge in [0.05, 0.1) is 0 Å². The number of piperidine rings is 1. The van der Waals surface area contributed by atoms with Crippen LogP contribution >= 0.6 is 11.3 Å². The molecule has 3 aromatic rings. The third-order valence-corrected chi connectivity index (χ3v) is 6.70. The fraction of sp³-hybridized carbons (Fsp3) is 0.333. The Morgan fingerprint density at radius 3 is 2.44 bits per heavy atom. The summed E-state index contributed by atoms with van der Waals surface area (Å²) in [6.45, 7) is 5.37. The van der Waals surface area contributed by atoms with Crippen molar-refractivity contribution in [1.29, 1.82) is 0 Å². The van der Waals surface area contributed by atoms with Crippen molar-refractivity contribution in [3.8, 4) is 0 Å². The molecule has 0 radical (unpaired) electrons. The SMILES string of the molecule is CCc1ccc(NC(=O)N2CCCC(c3nnc(C(=O)Nc4ccc(C)cc4)s3)C2)cc1. The molecule has 2 heterocycles. The smallest absolute Gasteiger partial charge is 0.321 e. The van der Waals surface area contributed by atoms with Gasteiger partial charge in [-0.05, 0) is 56.0 Å². The molecule has 4 rings (SSSR count). The molecule has 1 aromatic heterocycles. The van der Waals surface area contributed by atoms with E-state index in [1.165, 1.54) is 16.9 Å². The minimum absolute atomic E-state index is 0.0791. The molecular formula is C24H27N5O2S. The van der Waals surface area contributed by atoms with Gasteiger partial charge in [0.2, 0.25) is 5.01 Å². The van der Waals surface area contributed by atoms with Crippen LogP contribution in [0.2, 0.25) is 0 Å². The van der Waals surface area contributed by atoms with Crippen LogP contribution < -0.4 is 10.6 Å². The highest BCUT2D eigenvalue weighted by Gasteiger charge is 2.28. The lowest BCUT2D eigenvalue weighted by Crippen LogP contribution is -2.41. The van der Waals surface area contributed by atoms with E-state index in [1.807, 2.05) is 60.4 Å². The van der Waals surface area contributed by atoms with E-state index in [1.54, 1.807) is 0 Å². The number of benzene rings is 2. The number of amides is 3. The number of nitrogens with one attached hydrogen (secondary N) is 2. The highest BCUT2D eigenvalue weighted by molar-refractivity contribution is 7.13. The Labute approximate surface area is 191 Å². The maximum absolute atomic E-state index is 12.8. The molecule has 1 fully saturated rings. The molecule has 8 heteroatoms. The number of aryl methyl sites for hydroxylation is 2. The average molecular weight is 450 g/mol. The normalized spacial score (nSPS) is 15.9. The van der Waals surface area contributed by atoms with Crippen LogP contribution in [0, 0.1) is 6.92 Å². The first-order valence-electron chi connectivity index (χ1n) is 10.9. The number of carbonyl (C=O) groups is 2. The van der Waals surface area contributed by atoms with E-state index in [9.17, 15) is 9.59 Å². The molecule has 1 atom stereocenters. The van der Waals surface area contributed by atoms with E-state index in [4.69, 9.17) is 0 Å². The minimum Gasteiger partial charge on any atom is -0.324 e. The maximum Gasteiger partial charge on any atom is 0.321 e. The van der Waals surface area contributed by atoms with Crippen LogP contribution in [-0.2, 0) is 6.42 Å². The fourth-order valence-electron chi connectivity index (χ4n) is 3.70. The molecule has 1 aliphatic rings. The van der Waals surface area contributed by atoms with Crippen LogP contribution in [0.5, 0.6) is 0 Å². The zero-order chi connectivity index (χ0) is 22.5. The molecule has 1 unspecified atom stereocenters. The number of nitrogens with zero attached hydrogens (tertiary/aromatic N) is 3. The molecule has 32 heavy (non-hydrogen) atoms. The molecule has 1 aliphatic heterocycles. The summed E-state index contributed by atoms with van der Waals surface area (Å²) >= 11 is 1.30. The molecule has 7 nitrogen and oxygen atoms in total. The van der Waals surface area contributed by atoms with Gasteiger partial charge in [0.25, 0.3) is 5.91 Å². The standard InChI is InChI=1S/C24H27N5O2S/c1-3-17-8-12-20(13-9-17)26-24(31)29-14-4-5-18(15-29)22-27-28-23(32-22)21(30)25-19-10-6-16(2)7-11-19/h6-13,18H,3-5,14-15H2,1-2H3,(H,25,30)(H,26,31). The summed E-state index contributed by atoms with van der Waals surface area (Å²) in [6.07, 6.45) is 2.77. The minimum atomic E-state index is -0.265. The monoisotopic (exact) mass is 449 g/mol. The van der Waals surface area contributed by atoms with E-state index >= 15 is 0 Å². The molecule has 1 saturated heterocycles. The number of hydrogen-bond donors (Lipinski definition) is 2. The van der Waals surface area contributed by atoms with Crippen LogP contribution in [0.3, 0.4) is 0 Å². The van der Waals surface area contributed by atoms with Crippen molar-refractivity contribution in [2.24, 2.45) is 0 Å². The number of likely N-dealkylation sites (tertiary alicyclic amines) is 1. The summed E-state index contributed by atoms with van der Waals surface area (Å²) in [4.78, 5) is 27.1. The Balaban J connectivity index is 1.36. The van der Waals surface area contributed by atoms with Gasteiger partial charge in [-0.2, -0.15) is 0 Å². The number of carbonyl (C=O) groups excluding carboxylic acids is 2. The molecule has 0 bridgehead atoms. The summed E-state index contributed by atoms with van der Waals surface area (Å²) in [5.41, 5.74) is 3.88. The lowest BCUT2D eigenvalue weighted by Gasteiger charge is -2.31. The maximum atomic E-state index is 12.8. The van der Waals surface area contributed by atoms with Crippen LogP contribution in [0.1, 0.15) is 51.6 Å². The largest absolute Gasteiger partial charge is 0.324 e. The number of rotatable bonds is 5. The molecule has 0 aliphatic carbocycles. The lowest BCUT2D eigenvalue weighted by atomic mass is 9.99. The zero-order valence-electron chi connectivity index (χ0n) is 18.3. The number of aromatic nitrogens is 2. The highest BCUT2D eigenvalue weighted by atomic mass is 32.1. The van der Waals surface area contributed by atoms with Crippen LogP contribution in [0.15, 0.2) is 48.5 Å². The van der Waals surface area contributed by atoms with E-state index in [0.717, 1.165) is 41.2 Å². The third-order valence-electron chi connectivity index (χ3n) is 5.62. The Kier molecular flexibility index (Phi) is 6.80. The van der Waals surface area contributed by atoms with Crippen molar-refractivity contribution in [2.45, 2.75) is 39.0 Å². The second kappa shape index (κ2) is 9.91.